The van der Waals surface area contributed by atoms with E-state index in [2.05, 4.69) is 10.6 Å². The van der Waals surface area contributed by atoms with Gasteiger partial charge in [0, 0.05) is 49.7 Å². The number of rotatable bonds is 22. The van der Waals surface area contributed by atoms with Gasteiger partial charge in [-0.15, -0.1) is 0 Å². The van der Waals surface area contributed by atoms with Gasteiger partial charge in [0.25, 0.3) is 21.9 Å². The Balaban J connectivity index is 1.50. The molecule has 1 heterocycles. The summed E-state index contributed by atoms with van der Waals surface area (Å²) in [5, 5.41) is 44.9. The quantitative estimate of drug-likeness (QED) is 0.0322. The maximum Gasteiger partial charge on any atom is 0.311 e. The Bertz CT molecular complexity index is 1730. The molecule has 1 aliphatic carbocycles. The molecule has 0 aromatic heterocycles. The normalized spacial score (nSPS) is 21.5. The number of aliphatic carboxylic acids is 1. The van der Waals surface area contributed by atoms with E-state index in [4.69, 9.17) is 18.9 Å². The topological polar surface area (TPSA) is 302 Å². The third kappa shape index (κ3) is 15.0. The van der Waals surface area contributed by atoms with Crippen LogP contribution in [0.5, 0.6) is 11.5 Å². The van der Waals surface area contributed by atoms with E-state index >= 15 is 0 Å². The van der Waals surface area contributed by atoms with Gasteiger partial charge < -0.3 is 50.0 Å². The van der Waals surface area contributed by atoms with Gasteiger partial charge in [-0.2, -0.15) is 8.42 Å². The van der Waals surface area contributed by atoms with Gasteiger partial charge in [-0.3, -0.25) is 38.2 Å². The molecule has 21 heteroatoms. The number of aliphatic hydroxyl groups is 3. The molecule has 318 valence electrons. The van der Waals surface area contributed by atoms with Crippen LogP contribution in [0, 0.1) is 11.3 Å². The number of hydrogen-bond acceptors (Lipinski definition) is 15. The summed E-state index contributed by atoms with van der Waals surface area (Å²) in [7, 11) is -4.67. The molecular weight excluding hydrogens is 778 g/mol. The second-order valence-corrected chi connectivity index (χ2v) is 16.0. The molecule has 0 saturated heterocycles. The zero-order chi connectivity index (χ0) is 42.5. The van der Waals surface area contributed by atoms with Crippen molar-refractivity contribution in [3.63, 3.8) is 0 Å². The number of imide groups is 1. The summed E-state index contributed by atoms with van der Waals surface area (Å²) in [5.41, 5.74) is -0.385. The summed E-state index contributed by atoms with van der Waals surface area (Å²) in [6.45, 7) is 4.66. The minimum Gasteiger partial charge on any atom is -0.491 e. The summed E-state index contributed by atoms with van der Waals surface area (Å²) < 4.78 is 55.0. The smallest absolute Gasteiger partial charge is 0.311 e. The van der Waals surface area contributed by atoms with Gasteiger partial charge in [0.2, 0.25) is 11.8 Å². The summed E-state index contributed by atoms with van der Waals surface area (Å²) in [4.78, 5) is 73.5. The third-order valence-corrected chi connectivity index (χ3v) is 9.59. The van der Waals surface area contributed by atoms with Crippen molar-refractivity contribution in [1.82, 2.24) is 15.5 Å². The van der Waals surface area contributed by atoms with E-state index in [1.165, 1.54) is 30.4 Å². The van der Waals surface area contributed by atoms with Crippen LogP contribution in [0.3, 0.4) is 0 Å². The second kappa shape index (κ2) is 21.2. The van der Waals surface area contributed by atoms with Crippen LogP contribution in [0.15, 0.2) is 30.4 Å². The molecule has 1 aromatic rings. The number of carbonyl (C=O) groups is 6. The number of benzene rings is 1. The van der Waals surface area contributed by atoms with Crippen LogP contribution in [0.2, 0.25) is 0 Å². The Labute approximate surface area is 329 Å². The van der Waals surface area contributed by atoms with Crippen LogP contribution in [-0.4, -0.2) is 143 Å². The zero-order valence-electron chi connectivity index (χ0n) is 31.8. The first-order valence-corrected chi connectivity index (χ1v) is 19.8. The molecule has 4 amide bonds. The fraction of sp³-hybridized carbons (Fsp3) is 0.611. The largest absolute Gasteiger partial charge is 0.491 e. The molecule has 0 unspecified atom stereocenters. The Hall–Kier alpha value is -4.67. The van der Waals surface area contributed by atoms with E-state index in [-0.39, 0.29) is 63.9 Å². The fourth-order valence-electron chi connectivity index (χ4n) is 5.68. The van der Waals surface area contributed by atoms with Crippen LogP contribution >= 0.6 is 0 Å². The highest BCUT2D eigenvalue weighted by Crippen LogP contribution is 2.32. The number of ether oxygens (including phenoxy) is 4. The lowest BCUT2D eigenvalue weighted by atomic mass is 9.81. The minimum atomic E-state index is -4.67. The first kappa shape index (κ1) is 46.7. The number of carboxylic acid groups (broad SMARTS) is 1. The number of carbonyl (C=O) groups excluding carboxylic acids is 5. The van der Waals surface area contributed by atoms with Crippen molar-refractivity contribution in [2.24, 2.45) is 11.3 Å². The van der Waals surface area contributed by atoms with E-state index < -0.39 is 93.2 Å². The van der Waals surface area contributed by atoms with Crippen LogP contribution in [-0.2, 0) is 55.0 Å². The third-order valence-electron chi connectivity index (χ3n) is 8.84. The number of aliphatic hydroxyl groups excluding tert-OH is 3. The molecule has 1 fully saturated rings. The maximum atomic E-state index is 12.7. The average Bonchev–Trinajstić information content (AvgIpc) is 3.44. The summed E-state index contributed by atoms with van der Waals surface area (Å²) in [5.74, 6) is -6.46. The van der Waals surface area contributed by atoms with Crippen molar-refractivity contribution in [3.8, 4) is 11.5 Å². The molecule has 3 rings (SSSR count). The molecule has 1 aliphatic heterocycles. The second-order valence-electron chi connectivity index (χ2n) is 14.5. The molecule has 2 aliphatic rings. The summed E-state index contributed by atoms with van der Waals surface area (Å²) in [6.07, 6.45) is -3.15. The molecule has 1 aromatic carbocycles. The van der Waals surface area contributed by atoms with E-state index in [1.807, 2.05) is 0 Å². The van der Waals surface area contributed by atoms with Crippen molar-refractivity contribution in [2.75, 3.05) is 38.7 Å². The Kier molecular flexibility index (Phi) is 17.4. The highest BCUT2D eigenvalue weighted by atomic mass is 32.2. The summed E-state index contributed by atoms with van der Waals surface area (Å²) >= 11 is 0. The van der Waals surface area contributed by atoms with Gasteiger partial charge in [0.1, 0.15) is 54.8 Å². The summed E-state index contributed by atoms with van der Waals surface area (Å²) in [6, 6.07) is 2.78. The molecule has 0 radical (unpaired) electrons. The molecule has 57 heavy (non-hydrogen) atoms. The first-order valence-electron chi connectivity index (χ1n) is 18.2. The highest BCUT2D eigenvalue weighted by molar-refractivity contribution is 7.85. The number of esters is 1. The van der Waals surface area contributed by atoms with Gasteiger partial charge in [-0.05, 0) is 45.7 Å². The van der Waals surface area contributed by atoms with Crippen molar-refractivity contribution >= 4 is 45.7 Å². The van der Waals surface area contributed by atoms with Crippen molar-refractivity contribution in [2.45, 2.75) is 89.9 Å². The highest BCUT2D eigenvalue weighted by Gasteiger charge is 2.47. The van der Waals surface area contributed by atoms with E-state index in [1.54, 1.807) is 20.8 Å². The Morgan fingerprint density at radius 2 is 1.63 bits per heavy atom. The van der Waals surface area contributed by atoms with E-state index in [9.17, 15) is 62.2 Å². The SMILES string of the molecule is CC(C)(C)C(=O)OCc1ccc(O[C@@H]2C[C@H](C(=O)O)[C@@H](O)[C@H](O)[C@H]2O)cc1OCCOCCNC(=O)[C@H](CS(=O)(=O)O)NC(=O)CCCCCN1C(=O)C=CC1=O. The van der Waals surface area contributed by atoms with Crippen LogP contribution in [0.1, 0.15) is 58.4 Å². The number of nitrogens with zero attached hydrogens (tertiary/aromatic N) is 1. The Morgan fingerprint density at radius 1 is 0.947 bits per heavy atom. The standard InChI is InChI=1S/C36H51N3O17S/c1-36(2,3)35(49)55-19-21-8-9-22(56-26-18-23(34(47)48)30(43)32(45)31(26)44)17-25(21)54-16-15-53-14-12-37-33(46)24(20-57(50,51)52)38-27(40)7-5-4-6-13-39-28(41)10-11-29(39)42/h8-11,17,23-24,26,30-32,43-45H,4-7,12-16,18-20H2,1-3H3,(H,37,46)(H,38,40)(H,47,48)(H,50,51,52)/t23-,24-,26+,30+,31-,32-/m0/s1. The molecule has 1 saturated carbocycles. The molecule has 20 nitrogen and oxygen atoms in total. The predicted molar refractivity (Wildman–Crippen MR) is 196 cm³/mol. The lowest BCUT2D eigenvalue weighted by Gasteiger charge is -2.38. The van der Waals surface area contributed by atoms with Crippen molar-refractivity contribution < 1.29 is 81.1 Å². The first-order chi connectivity index (χ1) is 26.7. The van der Waals surface area contributed by atoms with Gasteiger partial charge in [0.15, 0.2) is 0 Å². The van der Waals surface area contributed by atoms with Crippen LogP contribution in [0.25, 0.3) is 0 Å². The number of amides is 4. The van der Waals surface area contributed by atoms with Gasteiger partial charge >= 0.3 is 11.9 Å². The van der Waals surface area contributed by atoms with E-state index in [0.717, 1.165) is 4.90 Å². The zero-order valence-corrected chi connectivity index (χ0v) is 32.6. The molecule has 6 atom stereocenters. The van der Waals surface area contributed by atoms with Crippen molar-refractivity contribution in [3.05, 3.63) is 35.9 Å². The van der Waals surface area contributed by atoms with Crippen molar-refractivity contribution in [1.29, 1.82) is 0 Å². The monoisotopic (exact) mass is 829 g/mol. The van der Waals surface area contributed by atoms with Crippen LogP contribution < -0.4 is 20.1 Å². The number of hydrogen-bond donors (Lipinski definition) is 7. The Morgan fingerprint density at radius 3 is 2.26 bits per heavy atom. The van der Waals surface area contributed by atoms with Gasteiger partial charge in [-0.1, -0.05) is 6.42 Å². The number of unbranched alkanes of at least 4 members (excludes halogenated alkanes) is 2. The average molecular weight is 830 g/mol. The lowest BCUT2D eigenvalue weighted by Crippen LogP contribution is -2.57. The van der Waals surface area contributed by atoms with E-state index in [0.29, 0.717) is 24.8 Å². The number of nitrogens with one attached hydrogen (secondary N) is 2. The van der Waals surface area contributed by atoms with Gasteiger partial charge in [-0.25, -0.2) is 0 Å². The fourth-order valence-corrected chi connectivity index (χ4v) is 6.33. The maximum absolute atomic E-state index is 12.7. The predicted octanol–water partition coefficient (Wildman–Crippen LogP) is -0.920. The molecule has 7 N–H and O–H groups in total. The lowest BCUT2D eigenvalue weighted by molar-refractivity contribution is -0.174. The molecular formula is C36H51N3O17S. The molecule has 0 bridgehead atoms. The minimum absolute atomic E-state index is 0.0460. The number of carboxylic acids is 1. The molecule has 0 spiro atoms. The van der Waals surface area contributed by atoms with Gasteiger partial charge in [0.05, 0.1) is 30.7 Å². The van der Waals surface area contributed by atoms with Crippen LogP contribution in [0.4, 0.5) is 0 Å².